The lowest BCUT2D eigenvalue weighted by atomic mass is 10.1. The third-order valence-corrected chi connectivity index (χ3v) is 6.37. The summed E-state index contributed by atoms with van der Waals surface area (Å²) in [7, 11) is -3.96. The van der Waals surface area contributed by atoms with Crippen LogP contribution in [0.25, 0.3) is 0 Å². The van der Waals surface area contributed by atoms with E-state index in [-0.39, 0.29) is 16.0 Å². The maximum Gasteiger partial charge on any atom is 0.284 e. The molecule has 0 aliphatic carbocycles. The number of thioether (sulfide) groups is 1. The van der Waals surface area contributed by atoms with Crippen LogP contribution < -0.4 is 4.90 Å². The Hall–Kier alpha value is -1.83. The SMILES string of the molecule is CC1(C)SC(=NS(=O)(=O)c2ccc(Cl)cc2)N(c2ccccc2)C1=O. The van der Waals surface area contributed by atoms with Gasteiger partial charge in [0.05, 0.1) is 15.3 Å². The molecule has 1 aliphatic heterocycles. The third-order valence-electron chi connectivity index (χ3n) is 3.58. The lowest BCUT2D eigenvalue weighted by molar-refractivity contribution is -0.118. The highest BCUT2D eigenvalue weighted by molar-refractivity contribution is 8.17. The standard InChI is InChI=1S/C17H15ClN2O3S2/c1-17(2)15(21)20(13-6-4-3-5-7-13)16(24-17)19-25(22,23)14-10-8-12(18)9-11-14/h3-11H,1-2H3. The van der Waals surface area contributed by atoms with Crippen molar-refractivity contribution in [1.82, 2.24) is 0 Å². The first-order valence-electron chi connectivity index (χ1n) is 7.40. The van der Waals surface area contributed by atoms with Crippen LogP contribution in [0.5, 0.6) is 0 Å². The molecular weight excluding hydrogens is 380 g/mol. The Morgan fingerprint density at radius 1 is 1.04 bits per heavy atom. The van der Waals surface area contributed by atoms with Gasteiger partial charge in [0.25, 0.3) is 10.0 Å². The van der Waals surface area contributed by atoms with Gasteiger partial charge in [0.1, 0.15) is 0 Å². The zero-order chi connectivity index (χ0) is 18.2. The summed E-state index contributed by atoms with van der Waals surface area (Å²) < 4.78 is 28.3. The van der Waals surface area contributed by atoms with Crippen molar-refractivity contribution in [3.05, 3.63) is 59.6 Å². The van der Waals surface area contributed by atoms with Gasteiger partial charge in [-0.25, -0.2) is 0 Å². The minimum atomic E-state index is -3.96. The van der Waals surface area contributed by atoms with Gasteiger partial charge in [-0.15, -0.1) is 4.40 Å². The highest BCUT2D eigenvalue weighted by atomic mass is 35.5. The number of hydrogen-bond donors (Lipinski definition) is 0. The van der Waals surface area contributed by atoms with Crippen LogP contribution in [-0.4, -0.2) is 24.2 Å². The minimum absolute atomic E-state index is 0.0233. The molecule has 1 heterocycles. The van der Waals surface area contributed by atoms with Crippen molar-refractivity contribution in [3.63, 3.8) is 0 Å². The van der Waals surface area contributed by atoms with Crippen molar-refractivity contribution in [2.24, 2.45) is 4.40 Å². The number of sulfonamides is 1. The summed E-state index contributed by atoms with van der Waals surface area (Å²) in [6.45, 7) is 3.49. The minimum Gasteiger partial charge on any atom is -0.272 e. The lowest BCUT2D eigenvalue weighted by Gasteiger charge is -2.17. The molecule has 0 atom stereocenters. The quantitative estimate of drug-likeness (QED) is 0.790. The summed E-state index contributed by atoms with van der Waals surface area (Å²) in [6, 6.07) is 14.6. The molecule has 8 heteroatoms. The molecular formula is C17H15ClN2O3S2. The summed E-state index contributed by atoms with van der Waals surface area (Å²) in [5.74, 6) is -0.214. The highest BCUT2D eigenvalue weighted by Crippen LogP contribution is 2.40. The summed E-state index contributed by atoms with van der Waals surface area (Å²) in [5.41, 5.74) is 0.579. The molecule has 0 spiro atoms. The molecule has 25 heavy (non-hydrogen) atoms. The summed E-state index contributed by atoms with van der Waals surface area (Å²) in [5, 5.41) is 0.570. The van der Waals surface area contributed by atoms with Gasteiger partial charge in [-0.2, -0.15) is 8.42 Å². The van der Waals surface area contributed by atoms with Gasteiger partial charge in [-0.1, -0.05) is 41.6 Å². The van der Waals surface area contributed by atoms with E-state index in [2.05, 4.69) is 4.40 Å². The van der Waals surface area contributed by atoms with E-state index in [1.165, 1.54) is 29.2 Å². The van der Waals surface area contributed by atoms with Crippen LogP contribution >= 0.6 is 23.4 Å². The topological polar surface area (TPSA) is 66.8 Å². The molecule has 0 radical (unpaired) electrons. The van der Waals surface area contributed by atoms with Crippen molar-refractivity contribution in [2.45, 2.75) is 23.5 Å². The molecule has 130 valence electrons. The van der Waals surface area contributed by atoms with Gasteiger partial charge in [0.15, 0.2) is 5.17 Å². The average Bonchev–Trinajstić information content (AvgIpc) is 2.77. The van der Waals surface area contributed by atoms with Crippen LogP contribution in [-0.2, 0) is 14.8 Å². The Morgan fingerprint density at radius 3 is 2.24 bits per heavy atom. The van der Waals surface area contributed by atoms with Gasteiger partial charge in [-0.3, -0.25) is 9.69 Å². The van der Waals surface area contributed by atoms with Gasteiger partial charge in [-0.05, 0) is 50.2 Å². The normalized spacial score (nSPS) is 18.8. The van der Waals surface area contributed by atoms with E-state index in [9.17, 15) is 13.2 Å². The van der Waals surface area contributed by atoms with Crippen molar-refractivity contribution < 1.29 is 13.2 Å². The molecule has 5 nitrogen and oxygen atoms in total. The number of nitrogens with zero attached hydrogens (tertiary/aromatic N) is 2. The monoisotopic (exact) mass is 394 g/mol. The maximum atomic E-state index is 12.7. The zero-order valence-electron chi connectivity index (χ0n) is 13.5. The summed E-state index contributed by atoms with van der Waals surface area (Å²) >= 11 is 6.93. The largest absolute Gasteiger partial charge is 0.284 e. The average molecular weight is 395 g/mol. The van der Waals surface area contributed by atoms with E-state index in [1.807, 2.05) is 6.07 Å². The molecule has 2 aromatic carbocycles. The molecule has 2 aromatic rings. The Labute approximate surface area is 155 Å². The van der Waals surface area contributed by atoms with Crippen molar-refractivity contribution in [1.29, 1.82) is 0 Å². The molecule has 1 fully saturated rings. The van der Waals surface area contributed by atoms with Crippen LogP contribution in [0.2, 0.25) is 5.02 Å². The van der Waals surface area contributed by atoms with Crippen molar-refractivity contribution >= 4 is 50.1 Å². The molecule has 1 saturated heterocycles. The second-order valence-electron chi connectivity index (χ2n) is 5.89. The first kappa shape index (κ1) is 18.0. The fourth-order valence-electron chi connectivity index (χ4n) is 2.30. The highest BCUT2D eigenvalue weighted by Gasteiger charge is 2.46. The Kier molecular flexibility index (Phi) is 4.66. The number of halogens is 1. The van der Waals surface area contributed by atoms with Gasteiger partial charge < -0.3 is 0 Å². The first-order chi connectivity index (χ1) is 11.7. The Morgan fingerprint density at radius 2 is 1.64 bits per heavy atom. The predicted molar refractivity (Wildman–Crippen MR) is 102 cm³/mol. The first-order valence-corrected chi connectivity index (χ1v) is 10.0. The number of amidine groups is 1. The molecule has 0 N–H and O–H groups in total. The number of hydrogen-bond acceptors (Lipinski definition) is 4. The molecule has 0 aromatic heterocycles. The van der Waals surface area contributed by atoms with Crippen LogP contribution in [0, 0.1) is 0 Å². The van der Waals surface area contributed by atoms with E-state index >= 15 is 0 Å². The molecule has 0 unspecified atom stereocenters. The van der Waals surface area contributed by atoms with Crippen LogP contribution in [0.4, 0.5) is 5.69 Å². The lowest BCUT2D eigenvalue weighted by Crippen LogP contribution is -2.36. The number of amides is 1. The smallest absolute Gasteiger partial charge is 0.272 e. The van der Waals surface area contributed by atoms with E-state index in [0.29, 0.717) is 10.7 Å². The summed E-state index contributed by atoms with van der Waals surface area (Å²) in [6.07, 6.45) is 0. The number of carbonyl (C=O) groups is 1. The molecule has 3 rings (SSSR count). The van der Waals surface area contributed by atoms with E-state index in [1.54, 1.807) is 38.1 Å². The van der Waals surface area contributed by atoms with Crippen molar-refractivity contribution in [3.8, 4) is 0 Å². The molecule has 1 aliphatic rings. The molecule has 0 saturated carbocycles. The molecule has 0 bridgehead atoms. The number of para-hydroxylation sites is 1. The van der Waals surface area contributed by atoms with Crippen LogP contribution in [0.15, 0.2) is 63.9 Å². The zero-order valence-corrected chi connectivity index (χ0v) is 15.9. The van der Waals surface area contributed by atoms with E-state index in [0.717, 1.165) is 11.8 Å². The number of anilines is 1. The van der Waals surface area contributed by atoms with Gasteiger partial charge in [0.2, 0.25) is 5.91 Å². The fourth-order valence-corrected chi connectivity index (χ4v) is 4.66. The van der Waals surface area contributed by atoms with E-state index < -0.39 is 14.8 Å². The van der Waals surface area contributed by atoms with Crippen molar-refractivity contribution in [2.75, 3.05) is 4.90 Å². The Balaban J connectivity index is 2.08. The Bertz CT molecular complexity index is 940. The van der Waals surface area contributed by atoms with E-state index in [4.69, 9.17) is 11.6 Å². The predicted octanol–water partition coefficient (Wildman–Crippen LogP) is 3.94. The molecule has 1 amide bonds. The van der Waals surface area contributed by atoms with Gasteiger partial charge in [0, 0.05) is 5.02 Å². The maximum absolute atomic E-state index is 12.7. The summed E-state index contributed by atoms with van der Waals surface area (Å²) in [4.78, 5) is 14.1. The number of benzene rings is 2. The van der Waals surface area contributed by atoms with Gasteiger partial charge >= 0.3 is 0 Å². The van der Waals surface area contributed by atoms with Crippen LogP contribution in [0.3, 0.4) is 0 Å². The third kappa shape index (κ3) is 3.58. The second-order valence-corrected chi connectivity index (χ2v) is 9.52. The number of carbonyl (C=O) groups excluding carboxylic acids is 1. The fraction of sp³-hybridized carbons (Fsp3) is 0.176. The second kappa shape index (κ2) is 6.48. The number of rotatable bonds is 3. The van der Waals surface area contributed by atoms with Crippen LogP contribution in [0.1, 0.15) is 13.8 Å².